The summed E-state index contributed by atoms with van der Waals surface area (Å²) in [4.78, 5) is 11.8. The predicted molar refractivity (Wildman–Crippen MR) is 61.9 cm³/mol. The van der Waals surface area contributed by atoms with Gasteiger partial charge >= 0.3 is 0 Å². The first-order valence-electron chi connectivity index (χ1n) is 6.42. The maximum absolute atomic E-state index is 11.8. The van der Waals surface area contributed by atoms with Crippen LogP contribution in [0.2, 0.25) is 0 Å². The number of nitrogens with one attached hydrogen (secondary N) is 1. The molecule has 92 valence electrons. The van der Waals surface area contributed by atoms with Gasteiger partial charge in [-0.25, -0.2) is 0 Å². The van der Waals surface area contributed by atoms with Crippen molar-refractivity contribution >= 4 is 5.91 Å². The average molecular weight is 226 g/mol. The minimum Gasteiger partial charge on any atom is -0.373 e. The van der Waals surface area contributed by atoms with Crippen LogP contribution in [0.5, 0.6) is 0 Å². The number of rotatable bonds is 5. The average Bonchev–Trinajstić information content (AvgIpc) is 2.87. The third kappa shape index (κ3) is 2.55. The maximum Gasteiger partial charge on any atom is 0.237 e. The topological polar surface area (TPSA) is 64.4 Å². The number of ether oxygens (including phenoxy) is 1. The van der Waals surface area contributed by atoms with Crippen LogP contribution in [-0.4, -0.2) is 30.2 Å². The van der Waals surface area contributed by atoms with E-state index in [9.17, 15) is 4.79 Å². The zero-order valence-corrected chi connectivity index (χ0v) is 9.95. The van der Waals surface area contributed by atoms with E-state index < -0.39 is 0 Å². The van der Waals surface area contributed by atoms with Crippen molar-refractivity contribution in [3.63, 3.8) is 0 Å². The summed E-state index contributed by atoms with van der Waals surface area (Å²) in [6.07, 6.45) is 6.70. The van der Waals surface area contributed by atoms with Crippen LogP contribution in [0.4, 0.5) is 0 Å². The van der Waals surface area contributed by atoms with Crippen LogP contribution in [0.1, 0.15) is 45.4 Å². The van der Waals surface area contributed by atoms with Crippen LogP contribution in [-0.2, 0) is 9.53 Å². The minimum absolute atomic E-state index is 0.00500. The van der Waals surface area contributed by atoms with Crippen molar-refractivity contribution in [2.45, 2.75) is 69.7 Å². The van der Waals surface area contributed by atoms with Gasteiger partial charge in [0.2, 0.25) is 5.91 Å². The lowest BCUT2D eigenvalue weighted by atomic mass is 9.95. The van der Waals surface area contributed by atoms with Gasteiger partial charge in [-0.1, -0.05) is 19.8 Å². The Hall–Kier alpha value is -0.610. The second kappa shape index (κ2) is 5.15. The maximum atomic E-state index is 11.8. The van der Waals surface area contributed by atoms with E-state index in [1.165, 1.54) is 0 Å². The van der Waals surface area contributed by atoms with Crippen LogP contribution in [0, 0.1) is 0 Å². The molecule has 0 saturated carbocycles. The molecule has 0 aromatic carbocycles. The molecule has 2 heterocycles. The molecule has 2 bridgehead atoms. The van der Waals surface area contributed by atoms with E-state index in [0.29, 0.717) is 6.10 Å². The van der Waals surface area contributed by atoms with Crippen molar-refractivity contribution in [3.8, 4) is 0 Å². The highest BCUT2D eigenvalue weighted by molar-refractivity contribution is 5.81. The van der Waals surface area contributed by atoms with Crippen molar-refractivity contribution in [3.05, 3.63) is 0 Å². The van der Waals surface area contributed by atoms with E-state index in [0.717, 1.165) is 38.5 Å². The van der Waals surface area contributed by atoms with Crippen molar-refractivity contribution in [1.82, 2.24) is 5.32 Å². The van der Waals surface area contributed by atoms with Gasteiger partial charge in [0.05, 0.1) is 24.3 Å². The second-order valence-corrected chi connectivity index (χ2v) is 4.97. The fraction of sp³-hybridized carbons (Fsp3) is 0.917. The fourth-order valence-electron chi connectivity index (χ4n) is 2.63. The van der Waals surface area contributed by atoms with E-state index in [1.54, 1.807) is 0 Å². The van der Waals surface area contributed by atoms with Crippen molar-refractivity contribution < 1.29 is 9.53 Å². The van der Waals surface area contributed by atoms with Crippen LogP contribution in [0.25, 0.3) is 0 Å². The highest BCUT2D eigenvalue weighted by Gasteiger charge is 2.41. The van der Waals surface area contributed by atoms with Gasteiger partial charge in [-0.05, 0) is 25.7 Å². The van der Waals surface area contributed by atoms with Crippen molar-refractivity contribution in [2.75, 3.05) is 0 Å². The molecule has 4 atom stereocenters. The van der Waals surface area contributed by atoms with Gasteiger partial charge in [-0.3, -0.25) is 4.79 Å². The molecular weight excluding hydrogens is 204 g/mol. The summed E-state index contributed by atoms with van der Waals surface area (Å²) in [5.41, 5.74) is 5.83. The van der Waals surface area contributed by atoms with Crippen LogP contribution in [0.15, 0.2) is 0 Å². The molecule has 2 aliphatic rings. The smallest absolute Gasteiger partial charge is 0.237 e. The molecule has 4 nitrogen and oxygen atoms in total. The molecule has 0 aliphatic carbocycles. The number of carbonyl (C=O) groups is 1. The zero-order chi connectivity index (χ0) is 11.5. The standard InChI is InChI=1S/C12H22N2O2/c1-2-3-4-9(13)12(15)14-10-7-8-5-6-11(10)16-8/h8-11H,2-7,13H2,1H3,(H,14,15). The Bertz CT molecular complexity index is 257. The summed E-state index contributed by atoms with van der Waals surface area (Å²) in [5, 5.41) is 3.03. The molecule has 0 aromatic rings. The molecule has 2 rings (SSSR count). The monoisotopic (exact) mass is 226 g/mol. The summed E-state index contributed by atoms with van der Waals surface area (Å²) in [6.45, 7) is 2.11. The lowest BCUT2D eigenvalue weighted by Gasteiger charge is -2.22. The van der Waals surface area contributed by atoms with Gasteiger partial charge in [0, 0.05) is 0 Å². The molecule has 4 unspecified atom stereocenters. The summed E-state index contributed by atoms with van der Waals surface area (Å²) in [7, 11) is 0. The lowest BCUT2D eigenvalue weighted by Crippen LogP contribution is -2.48. The third-order valence-electron chi connectivity index (χ3n) is 3.64. The molecule has 1 amide bonds. The summed E-state index contributed by atoms with van der Waals surface area (Å²) < 4.78 is 5.69. The number of hydrogen-bond acceptors (Lipinski definition) is 3. The van der Waals surface area contributed by atoms with Gasteiger partial charge in [-0.2, -0.15) is 0 Å². The molecule has 0 radical (unpaired) electrons. The Morgan fingerprint density at radius 2 is 2.38 bits per heavy atom. The van der Waals surface area contributed by atoms with Crippen molar-refractivity contribution in [2.24, 2.45) is 5.73 Å². The predicted octanol–water partition coefficient (Wildman–Crippen LogP) is 0.940. The number of amides is 1. The fourth-order valence-corrected chi connectivity index (χ4v) is 2.63. The van der Waals surface area contributed by atoms with E-state index in [4.69, 9.17) is 10.5 Å². The molecular formula is C12H22N2O2. The summed E-state index contributed by atoms with van der Waals surface area (Å²) in [6, 6.07) is -0.141. The number of fused-ring (bicyclic) bond motifs is 2. The first-order chi connectivity index (χ1) is 7.70. The minimum atomic E-state index is -0.348. The van der Waals surface area contributed by atoms with E-state index in [-0.39, 0.29) is 24.1 Å². The molecule has 3 N–H and O–H groups in total. The Balaban J connectivity index is 1.74. The van der Waals surface area contributed by atoms with E-state index >= 15 is 0 Å². The Morgan fingerprint density at radius 3 is 2.94 bits per heavy atom. The Labute approximate surface area is 96.9 Å². The second-order valence-electron chi connectivity index (χ2n) is 4.97. The van der Waals surface area contributed by atoms with Crippen LogP contribution < -0.4 is 11.1 Å². The van der Waals surface area contributed by atoms with Gasteiger partial charge in [0.1, 0.15) is 0 Å². The summed E-state index contributed by atoms with van der Waals surface area (Å²) in [5.74, 6) is -0.00500. The molecule has 0 spiro atoms. The zero-order valence-electron chi connectivity index (χ0n) is 9.95. The van der Waals surface area contributed by atoms with Crippen LogP contribution >= 0.6 is 0 Å². The highest BCUT2D eigenvalue weighted by Crippen LogP contribution is 2.34. The Kier molecular flexibility index (Phi) is 3.82. The molecule has 16 heavy (non-hydrogen) atoms. The van der Waals surface area contributed by atoms with Gasteiger partial charge in [0.25, 0.3) is 0 Å². The molecule has 0 aromatic heterocycles. The molecule has 2 aliphatic heterocycles. The Morgan fingerprint density at radius 1 is 1.56 bits per heavy atom. The SMILES string of the molecule is CCCCC(N)C(=O)NC1CC2CCC1O2. The normalized spacial score (nSPS) is 34.0. The van der Waals surface area contributed by atoms with Gasteiger partial charge < -0.3 is 15.8 Å². The van der Waals surface area contributed by atoms with E-state index in [2.05, 4.69) is 12.2 Å². The van der Waals surface area contributed by atoms with Gasteiger partial charge in [0.15, 0.2) is 0 Å². The highest BCUT2D eigenvalue weighted by atomic mass is 16.5. The van der Waals surface area contributed by atoms with Crippen molar-refractivity contribution in [1.29, 1.82) is 0 Å². The largest absolute Gasteiger partial charge is 0.373 e. The molecule has 4 heteroatoms. The summed E-state index contributed by atoms with van der Waals surface area (Å²) >= 11 is 0. The first kappa shape index (κ1) is 11.9. The van der Waals surface area contributed by atoms with Crippen LogP contribution in [0.3, 0.4) is 0 Å². The number of carbonyl (C=O) groups excluding carboxylic acids is 1. The first-order valence-corrected chi connectivity index (χ1v) is 6.42. The third-order valence-corrected chi connectivity index (χ3v) is 3.64. The number of hydrogen-bond donors (Lipinski definition) is 2. The quantitative estimate of drug-likeness (QED) is 0.733. The van der Waals surface area contributed by atoms with Gasteiger partial charge in [-0.15, -0.1) is 0 Å². The molecule has 2 fully saturated rings. The molecule has 2 saturated heterocycles. The van der Waals surface area contributed by atoms with E-state index in [1.807, 2.05) is 0 Å². The lowest BCUT2D eigenvalue weighted by molar-refractivity contribution is -0.123. The number of nitrogens with two attached hydrogens (primary N) is 1. The number of unbranched alkanes of at least 4 members (excludes halogenated alkanes) is 1.